The van der Waals surface area contributed by atoms with Crippen molar-refractivity contribution in [2.75, 3.05) is 28.4 Å². The van der Waals surface area contributed by atoms with Crippen LogP contribution in [-0.2, 0) is 11.2 Å². The van der Waals surface area contributed by atoms with Crippen LogP contribution in [0.1, 0.15) is 43.9 Å². The first kappa shape index (κ1) is 28.4. The van der Waals surface area contributed by atoms with Gasteiger partial charge in [0, 0.05) is 5.56 Å². The molecule has 0 aromatic heterocycles. The number of methoxy groups -OCH3 is 4. The maximum Gasteiger partial charge on any atom is 0.250 e. The smallest absolute Gasteiger partial charge is 0.250 e. The summed E-state index contributed by atoms with van der Waals surface area (Å²) in [7, 11) is 4.17. The molecular formula is C28H39NO7Si. The van der Waals surface area contributed by atoms with Gasteiger partial charge in [-0.15, -0.1) is 0 Å². The van der Waals surface area contributed by atoms with E-state index in [1.54, 1.807) is 28.4 Å². The lowest BCUT2D eigenvalue weighted by Gasteiger charge is -2.37. The van der Waals surface area contributed by atoms with Crippen molar-refractivity contribution < 1.29 is 33.4 Å². The standard InChI is InChI=1S/C28H39NO7Si/c1-28(2,3)37(8,9)36-23-15-17(11-13-22(23)32-4)20-14-18(27(30)29-31)10-12-19-21(20)16-24(33-5)26(35-7)25(19)34-6/h11,13-16,18,31H,10,12H2,1-9H3,(H,29,30). The fourth-order valence-electron chi connectivity index (χ4n) is 4.27. The van der Waals surface area contributed by atoms with Crippen molar-refractivity contribution in [2.24, 2.45) is 5.92 Å². The molecule has 0 radical (unpaired) electrons. The average molecular weight is 530 g/mol. The number of ether oxygens (including phenoxy) is 4. The van der Waals surface area contributed by atoms with E-state index >= 15 is 0 Å². The van der Waals surface area contributed by atoms with Crippen molar-refractivity contribution >= 4 is 19.8 Å². The molecule has 2 N–H and O–H groups in total. The minimum atomic E-state index is -2.18. The van der Waals surface area contributed by atoms with Crippen LogP contribution in [0.4, 0.5) is 0 Å². The molecule has 0 saturated carbocycles. The number of hydrogen-bond acceptors (Lipinski definition) is 7. The Hall–Kier alpha value is -3.17. The van der Waals surface area contributed by atoms with E-state index in [1.807, 2.05) is 35.8 Å². The highest BCUT2D eigenvalue weighted by molar-refractivity contribution is 6.74. The van der Waals surface area contributed by atoms with E-state index in [4.69, 9.17) is 23.4 Å². The number of carbonyl (C=O) groups excluding carboxylic acids is 1. The van der Waals surface area contributed by atoms with Crippen molar-refractivity contribution in [3.8, 4) is 28.7 Å². The Labute approximate surface area is 220 Å². The van der Waals surface area contributed by atoms with Crippen molar-refractivity contribution in [1.82, 2.24) is 5.48 Å². The lowest BCUT2D eigenvalue weighted by Crippen LogP contribution is -2.43. The van der Waals surface area contributed by atoms with Crippen molar-refractivity contribution in [1.29, 1.82) is 0 Å². The van der Waals surface area contributed by atoms with Gasteiger partial charge in [-0.25, -0.2) is 5.48 Å². The van der Waals surface area contributed by atoms with Crippen molar-refractivity contribution in [3.05, 3.63) is 47.0 Å². The molecule has 2 aromatic carbocycles. The Morgan fingerprint density at radius 2 is 1.59 bits per heavy atom. The second-order valence-corrected chi connectivity index (χ2v) is 15.3. The van der Waals surface area contributed by atoms with Gasteiger partial charge < -0.3 is 23.4 Å². The van der Waals surface area contributed by atoms with Gasteiger partial charge in [0.25, 0.3) is 8.32 Å². The summed E-state index contributed by atoms with van der Waals surface area (Å²) in [4.78, 5) is 12.6. The summed E-state index contributed by atoms with van der Waals surface area (Å²) in [6.45, 7) is 10.9. The normalized spacial score (nSPS) is 15.6. The number of carbonyl (C=O) groups is 1. The van der Waals surface area contributed by atoms with E-state index in [1.165, 1.54) is 0 Å². The van der Waals surface area contributed by atoms with Gasteiger partial charge in [0.15, 0.2) is 17.2 Å². The summed E-state index contributed by atoms with van der Waals surface area (Å²) in [5.74, 6) is 1.80. The molecule has 1 atom stereocenters. The van der Waals surface area contributed by atoms with Gasteiger partial charge in [0.1, 0.15) is 5.75 Å². The van der Waals surface area contributed by atoms with E-state index in [-0.39, 0.29) is 5.04 Å². The molecule has 8 nitrogen and oxygen atoms in total. The number of amides is 1. The molecule has 9 heteroatoms. The minimum Gasteiger partial charge on any atom is -0.541 e. The van der Waals surface area contributed by atoms with E-state index in [2.05, 4.69) is 33.9 Å². The number of hydrogen-bond donors (Lipinski definition) is 2. The van der Waals surface area contributed by atoms with Crippen LogP contribution in [0, 0.1) is 5.92 Å². The molecular weight excluding hydrogens is 490 g/mol. The Kier molecular flexibility index (Phi) is 8.49. The van der Waals surface area contributed by atoms with E-state index in [0.29, 0.717) is 41.6 Å². The Morgan fingerprint density at radius 3 is 2.14 bits per heavy atom. The molecule has 0 spiro atoms. The van der Waals surface area contributed by atoms with E-state index in [9.17, 15) is 10.0 Å². The zero-order chi connectivity index (χ0) is 27.5. The molecule has 0 saturated heterocycles. The zero-order valence-corrected chi connectivity index (χ0v) is 24.3. The Balaban J connectivity index is 2.29. The SMILES string of the molecule is COc1ccc(C2=CC(C(=O)NO)CCc3c2cc(OC)c(OC)c3OC)cc1O[Si](C)(C)C(C)(C)C. The molecule has 0 aliphatic heterocycles. The molecule has 2 aromatic rings. The monoisotopic (exact) mass is 529 g/mol. The van der Waals surface area contributed by atoms with Gasteiger partial charge >= 0.3 is 0 Å². The van der Waals surface area contributed by atoms with Gasteiger partial charge in [0.05, 0.1) is 34.4 Å². The molecule has 0 bridgehead atoms. The lowest BCUT2D eigenvalue weighted by molar-refractivity contribution is -0.132. The first-order valence-electron chi connectivity index (χ1n) is 12.3. The topological polar surface area (TPSA) is 95.5 Å². The largest absolute Gasteiger partial charge is 0.541 e. The zero-order valence-electron chi connectivity index (χ0n) is 23.3. The first-order valence-corrected chi connectivity index (χ1v) is 15.2. The maximum atomic E-state index is 12.6. The van der Waals surface area contributed by atoms with Gasteiger partial charge in [-0.3, -0.25) is 10.0 Å². The van der Waals surface area contributed by atoms with E-state index in [0.717, 1.165) is 22.3 Å². The van der Waals surface area contributed by atoms with Crippen molar-refractivity contribution in [2.45, 2.75) is 51.7 Å². The highest BCUT2D eigenvalue weighted by Gasteiger charge is 2.39. The second-order valence-electron chi connectivity index (χ2n) is 10.6. The molecule has 1 unspecified atom stereocenters. The highest BCUT2D eigenvalue weighted by atomic mass is 28.4. The number of fused-ring (bicyclic) bond motifs is 1. The van der Waals surface area contributed by atoms with Crippen LogP contribution < -0.4 is 28.9 Å². The average Bonchev–Trinajstić information content (AvgIpc) is 3.05. The predicted octanol–water partition coefficient (Wildman–Crippen LogP) is 5.60. The molecule has 37 heavy (non-hydrogen) atoms. The van der Waals surface area contributed by atoms with Gasteiger partial charge in [-0.05, 0) is 65.9 Å². The number of nitrogens with one attached hydrogen (secondary N) is 1. The Morgan fingerprint density at radius 1 is 0.946 bits per heavy atom. The van der Waals surface area contributed by atoms with Gasteiger partial charge in [-0.1, -0.05) is 32.9 Å². The number of benzene rings is 2. The molecule has 0 heterocycles. The van der Waals surface area contributed by atoms with Gasteiger partial charge in [0.2, 0.25) is 11.7 Å². The van der Waals surface area contributed by atoms with Crippen LogP contribution in [0.15, 0.2) is 30.3 Å². The maximum absolute atomic E-state index is 12.6. The van der Waals surface area contributed by atoms with Crippen LogP contribution in [0.2, 0.25) is 18.1 Å². The fraction of sp³-hybridized carbons (Fsp3) is 0.464. The quantitative estimate of drug-likeness (QED) is 0.261. The molecule has 3 rings (SSSR count). The third-order valence-corrected chi connectivity index (χ3v) is 11.7. The van der Waals surface area contributed by atoms with Crippen LogP contribution in [-0.4, -0.2) is 47.9 Å². The summed E-state index contributed by atoms with van der Waals surface area (Å²) in [5, 5.41) is 9.40. The summed E-state index contributed by atoms with van der Waals surface area (Å²) < 4.78 is 29.3. The summed E-state index contributed by atoms with van der Waals surface area (Å²) in [6.07, 6.45) is 2.87. The third kappa shape index (κ3) is 5.57. The van der Waals surface area contributed by atoms with Gasteiger partial charge in [-0.2, -0.15) is 0 Å². The number of hydroxylamine groups is 1. The summed E-state index contributed by atoms with van der Waals surface area (Å²) >= 11 is 0. The Bertz CT molecular complexity index is 1180. The molecule has 1 aliphatic rings. The van der Waals surface area contributed by atoms with Crippen LogP contribution in [0.25, 0.3) is 5.57 Å². The van der Waals surface area contributed by atoms with Crippen LogP contribution >= 0.6 is 0 Å². The van der Waals surface area contributed by atoms with Crippen molar-refractivity contribution in [3.63, 3.8) is 0 Å². The second kappa shape index (κ2) is 11.1. The van der Waals surface area contributed by atoms with E-state index < -0.39 is 20.1 Å². The summed E-state index contributed by atoms with van der Waals surface area (Å²) in [5.41, 5.74) is 5.18. The lowest BCUT2D eigenvalue weighted by atomic mass is 9.92. The molecule has 0 fully saturated rings. The van der Waals surface area contributed by atoms with Crippen LogP contribution in [0.3, 0.4) is 0 Å². The summed E-state index contributed by atoms with van der Waals surface area (Å²) in [6, 6.07) is 7.68. The first-order chi connectivity index (χ1) is 17.4. The fourth-order valence-corrected chi connectivity index (χ4v) is 5.29. The predicted molar refractivity (Wildman–Crippen MR) is 146 cm³/mol. The van der Waals surface area contributed by atoms with Crippen LogP contribution in [0.5, 0.6) is 28.7 Å². The molecule has 1 amide bonds. The molecule has 202 valence electrons. The highest BCUT2D eigenvalue weighted by Crippen LogP contribution is 2.48. The third-order valence-electron chi connectivity index (χ3n) is 7.39. The number of rotatable bonds is 8. The minimum absolute atomic E-state index is 0.0101. The molecule has 1 aliphatic carbocycles.